The topological polar surface area (TPSA) is 72.5 Å². The van der Waals surface area contributed by atoms with E-state index in [1.54, 1.807) is 22.6 Å². The number of hydrogen-bond donors (Lipinski definition) is 2. The highest BCUT2D eigenvalue weighted by molar-refractivity contribution is 7.98. The van der Waals surface area contributed by atoms with Crippen LogP contribution >= 0.6 is 11.8 Å². The van der Waals surface area contributed by atoms with Crippen molar-refractivity contribution in [2.24, 2.45) is 0 Å². The Morgan fingerprint density at radius 1 is 1.35 bits per heavy atom. The molecule has 0 spiro atoms. The molecule has 0 saturated heterocycles. The lowest BCUT2D eigenvalue weighted by Gasteiger charge is -1.99. The Kier molecular flexibility index (Phi) is 2.29. The van der Waals surface area contributed by atoms with Gasteiger partial charge in [-0.1, -0.05) is 12.1 Å². The van der Waals surface area contributed by atoms with E-state index in [1.807, 2.05) is 30.5 Å². The number of nitrogens with one attached hydrogen (secondary N) is 1. The monoisotopic (exact) mass is 245 g/mol. The molecule has 86 valence electrons. The molecule has 0 atom stereocenters. The van der Waals surface area contributed by atoms with Gasteiger partial charge in [-0.25, -0.2) is 4.98 Å². The van der Waals surface area contributed by atoms with Gasteiger partial charge in [-0.2, -0.15) is 9.78 Å². The average Bonchev–Trinajstić information content (AvgIpc) is 2.91. The minimum atomic E-state index is 0.608. The van der Waals surface area contributed by atoms with Crippen molar-refractivity contribution in [2.75, 3.05) is 12.0 Å². The molecular weight excluding hydrogens is 234 g/mol. The fourth-order valence-electron chi connectivity index (χ4n) is 1.71. The van der Waals surface area contributed by atoms with Gasteiger partial charge in [0.05, 0.1) is 22.1 Å². The molecule has 0 aliphatic carbocycles. The number of aromatic nitrogens is 4. The van der Waals surface area contributed by atoms with Gasteiger partial charge in [-0.3, -0.25) is 0 Å². The van der Waals surface area contributed by atoms with E-state index in [0.29, 0.717) is 11.8 Å². The van der Waals surface area contributed by atoms with Crippen molar-refractivity contribution in [3.8, 4) is 5.95 Å². The van der Waals surface area contributed by atoms with Crippen LogP contribution in [0.4, 0.5) is 5.82 Å². The SMILES string of the molecule is CSc1cnn(-c2nc3ccccc3[nH]2)c1N. The van der Waals surface area contributed by atoms with Gasteiger partial charge in [0, 0.05) is 0 Å². The number of nitrogen functional groups attached to an aromatic ring is 1. The van der Waals surface area contributed by atoms with Crippen LogP contribution in [0, 0.1) is 0 Å². The minimum absolute atomic E-state index is 0.608. The molecule has 0 bridgehead atoms. The zero-order valence-corrected chi connectivity index (χ0v) is 10.0. The van der Waals surface area contributed by atoms with Crippen LogP contribution in [0.15, 0.2) is 35.4 Å². The summed E-state index contributed by atoms with van der Waals surface area (Å²) in [6.07, 6.45) is 3.71. The summed E-state index contributed by atoms with van der Waals surface area (Å²) in [5.74, 6) is 1.25. The lowest BCUT2D eigenvalue weighted by atomic mass is 10.3. The van der Waals surface area contributed by atoms with E-state index in [0.717, 1.165) is 15.9 Å². The quantitative estimate of drug-likeness (QED) is 0.678. The normalized spacial score (nSPS) is 11.1. The van der Waals surface area contributed by atoms with E-state index in [-0.39, 0.29) is 0 Å². The van der Waals surface area contributed by atoms with Crippen LogP contribution in [0.3, 0.4) is 0 Å². The van der Waals surface area contributed by atoms with Crippen LogP contribution < -0.4 is 5.73 Å². The van der Waals surface area contributed by atoms with Gasteiger partial charge in [0.15, 0.2) is 0 Å². The number of hydrogen-bond acceptors (Lipinski definition) is 4. The first-order valence-electron chi connectivity index (χ1n) is 5.12. The molecule has 0 unspecified atom stereocenters. The number of rotatable bonds is 2. The summed E-state index contributed by atoms with van der Waals surface area (Å²) in [6.45, 7) is 0. The highest BCUT2D eigenvalue weighted by atomic mass is 32.2. The van der Waals surface area contributed by atoms with Crippen LogP contribution in [-0.4, -0.2) is 26.0 Å². The Hall–Kier alpha value is -1.95. The van der Waals surface area contributed by atoms with E-state index in [2.05, 4.69) is 15.1 Å². The summed E-state index contributed by atoms with van der Waals surface area (Å²) in [7, 11) is 0. The third-order valence-electron chi connectivity index (χ3n) is 2.57. The first kappa shape index (κ1) is 10.2. The van der Waals surface area contributed by atoms with Gasteiger partial charge in [0.2, 0.25) is 5.95 Å². The van der Waals surface area contributed by atoms with Crippen LogP contribution in [0.1, 0.15) is 0 Å². The van der Waals surface area contributed by atoms with Crippen molar-refractivity contribution >= 4 is 28.6 Å². The Morgan fingerprint density at radius 2 is 2.18 bits per heavy atom. The summed E-state index contributed by atoms with van der Waals surface area (Å²) in [5, 5.41) is 4.23. The van der Waals surface area contributed by atoms with Gasteiger partial charge >= 0.3 is 0 Å². The van der Waals surface area contributed by atoms with E-state index in [9.17, 15) is 0 Å². The number of H-pyrrole nitrogens is 1. The molecule has 3 N–H and O–H groups in total. The number of para-hydroxylation sites is 2. The van der Waals surface area contributed by atoms with Gasteiger partial charge in [0.25, 0.3) is 0 Å². The van der Waals surface area contributed by atoms with Crippen LogP contribution in [0.25, 0.3) is 17.0 Å². The second-order valence-corrected chi connectivity index (χ2v) is 4.44. The summed E-state index contributed by atoms with van der Waals surface area (Å²) in [5.41, 5.74) is 7.87. The molecule has 2 heterocycles. The highest BCUT2D eigenvalue weighted by Gasteiger charge is 2.11. The molecule has 3 rings (SSSR count). The van der Waals surface area contributed by atoms with Gasteiger partial charge in [-0.15, -0.1) is 11.8 Å². The number of fused-ring (bicyclic) bond motifs is 1. The molecule has 1 aromatic carbocycles. The zero-order chi connectivity index (χ0) is 11.8. The molecule has 0 fully saturated rings. The maximum absolute atomic E-state index is 5.99. The first-order valence-corrected chi connectivity index (χ1v) is 6.34. The number of anilines is 1. The largest absolute Gasteiger partial charge is 0.383 e. The van der Waals surface area contributed by atoms with Gasteiger partial charge < -0.3 is 10.7 Å². The fourth-order valence-corrected chi connectivity index (χ4v) is 2.16. The molecule has 6 heteroatoms. The molecule has 0 radical (unpaired) electrons. The van der Waals surface area contributed by atoms with Crippen molar-refractivity contribution in [3.63, 3.8) is 0 Å². The maximum atomic E-state index is 5.99. The number of thioether (sulfide) groups is 1. The van der Waals surface area contributed by atoms with Gasteiger partial charge in [0.1, 0.15) is 5.82 Å². The molecule has 0 aliphatic heterocycles. The minimum Gasteiger partial charge on any atom is -0.383 e. The number of nitrogens with two attached hydrogens (primary N) is 1. The van der Waals surface area contributed by atoms with Crippen LogP contribution in [0.5, 0.6) is 0 Å². The molecule has 3 aromatic rings. The smallest absolute Gasteiger partial charge is 0.231 e. The fraction of sp³-hybridized carbons (Fsp3) is 0.0909. The third-order valence-corrected chi connectivity index (χ3v) is 3.32. The van der Waals surface area contributed by atoms with Crippen molar-refractivity contribution in [3.05, 3.63) is 30.5 Å². The molecular formula is C11H11N5S. The average molecular weight is 245 g/mol. The second-order valence-electron chi connectivity index (χ2n) is 3.59. The summed E-state index contributed by atoms with van der Waals surface area (Å²) in [6, 6.07) is 7.84. The van der Waals surface area contributed by atoms with Crippen LogP contribution in [0.2, 0.25) is 0 Å². The Morgan fingerprint density at radius 3 is 2.88 bits per heavy atom. The second kappa shape index (κ2) is 3.81. The number of imidazole rings is 1. The molecule has 0 saturated carbocycles. The predicted molar refractivity (Wildman–Crippen MR) is 69.4 cm³/mol. The van der Waals surface area contributed by atoms with Crippen molar-refractivity contribution < 1.29 is 0 Å². The lowest BCUT2D eigenvalue weighted by Crippen LogP contribution is -2.03. The van der Waals surface area contributed by atoms with Gasteiger partial charge in [-0.05, 0) is 18.4 Å². The van der Waals surface area contributed by atoms with Crippen LogP contribution in [-0.2, 0) is 0 Å². The van der Waals surface area contributed by atoms with E-state index >= 15 is 0 Å². The van der Waals surface area contributed by atoms with Crippen molar-refractivity contribution in [2.45, 2.75) is 4.90 Å². The summed E-state index contributed by atoms with van der Waals surface area (Å²) >= 11 is 1.57. The van der Waals surface area contributed by atoms with E-state index in [1.165, 1.54) is 0 Å². The molecule has 17 heavy (non-hydrogen) atoms. The van der Waals surface area contributed by atoms with Crippen molar-refractivity contribution in [1.82, 2.24) is 19.7 Å². The van der Waals surface area contributed by atoms with E-state index in [4.69, 9.17) is 5.73 Å². The number of aromatic amines is 1. The Bertz CT molecular complexity index is 636. The lowest BCUT2D eigenvalue weighted by molar-refractivity contribution is 0.839. The third kappa shape index (κ3) is 1.57. The van der Waals surface area contributed by atoms with E-state index < -0.39 is 0 Å². The molecule has 2 aromatic heterocycles. The standard InChI is InChI=1S/C11H11N5S/c1-17-9-6-13-16(10(9)12)11-14-7-4-2-3-5-8(7)15-11/h2-6H,12H2,1H3,(H,14,15). The molecule has 0 amide bonds. The summed E-state index contributed by atoms with van der Waals surface area (Å²) < 4.78 is 1.62. The van der Waals surface area contributed by atoms with Crippen molar-refractivity contribution in [1.29, 1.82) is 0 Å². The zero-order valence-electron chi connectivity index (χ0n) is 9.21. The number of benzene rings is 1. The first-order chi connectivity index (χ1) is 8.29. The number of nitrogens with zero attached hydrogens (tertiary/aromatic N) is 3. The summed E-state index contributed by atoms with van der Waals surface area (Å²) in [4.78, 5) is 8.59. The Labute approximate surface area is 102 Å². The molecule has 0 aliphatic rings. The maximum Gasteiger partial charge on any atom is 0.231 e. The highest BCUT2D eigenvalue weighted by Crippen LogP contribution is 2.24. The Balaban J connectivity index is 2.17. The molecule has 5 nitrogen and oxygen atoms in total. The predicted octanol–water partition coefficient (Wildman–Crippen LogP) is 2.05.